The van der Waals surface area contributed by atoms with E-state index in [1.165, 1.54) is 192 Å². The van der Waals surface area contributed by atoms with Crippen LogP contribution in [0.1, 0.15) is 49.9 Å². The normalized spacial score (nSPS) is 12.9. The highest BCUT2D eigenvalue weighted by atomic mass is 15.0. The lowest BCUT2D eigenvalue weighted by Gasteiger charge is -2.36. The largest absolute Gasteiger partial charge is 0.310 e. The Balaban J connectivity index is 1.04. The Morgan fingerprint density at radius 1 is 0.258 bits per heavy atom. The third kappa shape index (κ3) is 7.14. The van der Waals surface area contributed by atoms with Crippen LogP contribution in [0.15, 0.2) is 297 Å². The van der Waals surface area contributed by atoms with Crippen LogP contribution in [0.5, 0.6) is 0 Å². The summed E-state index contributed by atoms with van der Waals surface area (Å²) in [5, 5.41) is 20.5. The van der Waals surface area contributed by atoms with Crippen molar-refractivity contribution in [3.63, 3.8) is 0 Å². The summed E-state index contributed by atoms with van der Waals surface area (Å²) in [5.41, 5.74) is 23.1. The van der Waals surface area contributed by atoms with E-state index in [-0.39, 0.29) is 17.5 Å². The van der Waals surface area contributed by atoms with Crippen LogP contribution >= 0.6 is 0 Å². The third-order valence-corrected chi connectivity index (χ3v) is 22.0. The molecule has 0 spiro atoms. The second kappa shape index (κ2) is 19.2. The van der Waals surface area contributed by atoms with Gasteiger partial charge in [0.1, 0.15) is 0 Å². The minimum absolute atomic E-state index is 0.175. The van der Waals surface area contributed by atoms with E-state index in [9.17, 15) is 0 Å². The van der Waals surface area contributed by atoms with Crippen LogP contribution in [0.25, 0.3) is 153 Å². The third-order valence-electron chi connectivity index (χ3n) is 22.0. The van der Waals surface area contributed by atoms with E-state index in [0.717, 1.165) is 0 Å². The molecule has 0 radical (unpaired) electrons. The zero-order valence-electron chi connectivity index (χ0n) is 52.3. The maximum Gasteiger partial charge on any atom is 0.252 e. The fourth-order valence-corrected chi connectivity index (χ4v) is 17.5. The van der Waals surface area contributed by atoms with Crippen LogP contribution in [0.3, 0.4) is 0 Å². The lowest BCUT2D eigenvalue weighted by Crippen LogP contribution is -2.59. The zero-order chi connectivity index (χ0) is 61.6. The van der Waals surface area contributed by atoms with Crippen LogP contribution in [0.2, 0.25) is 0 Å². The van der Waals surface area contributed by atoms with Crippen molar-refractivity contribution in [2.75, 3.05) is 0 Å². The Morgan fingerprint density at radius 3 is 1.23 bits per heavy atom. The Kier molecular flexibility index (Phi) is 10.8. The number of rotatable bonds is 7. The van der Waals surface area contributed by atoms with Crippen LogP contribution in [-0.2, 0) is 10.8 Å². The molecule has 0 unspecified atom stereocenters. The van der Waals surface area contributed by atoms with Crippen LogP contribution in [0, 0.1) is 0 Å². The topological polar surface area (TPSA) is 9.86 Å². The summed E-state index contributed by atoms with van der Waals surface area (Å²) in [6.07, 6.45) is 0. The van der Waals surface area contributed by atoms with Crippen molar-refractivity contribution in [2.24, 2.45) is 0 Å². The van der Waals surface area contributed by atoms with Gasteiger partial charge in [-0.05, 0) is 162 Å². The predicted octanol–water partition coefficient (Wildman–Crippen LogP) is 21.6. The van der Waals surface area contributed by atoms with Crippen molar-refractivity contribution in [3.8, 4) is 44.8 Å². The molecule has 0 bridgehead atoms. The molecule has 2 aromatic heterocycles. The molecule has 0 atom stereocenters. The molecule has 0 aliphatic carbocycles. The molecule has 0 N–H and O–H groups in total. The minimum Gasteiger partial charge on any atom is -0.310 e. The number of nitrogens with zero attached hydrogens (tertiary/aromatic N) is 2. The maximum absolute atomic E-state index is 2.76. The molecular weight excluding hydrogens is 1120 g/mol. The van der Waals surface area contributed by atoms with E-state index in [4.69, 9.17) is 0 Å². The molecule has 0 fully saturated rings. The highest BCUT2D eigenvalue weighted by molar-refractivity contribution is 7.00. The molecule has 16 aromatic carbocycles. The average Bonchev–Trinajstić information content (AvgIpc) is 1.54. The molecule has 18 aromatic rings. The van der Waals surface area contributed by atoms with Gasteiger partial charge in [0.2, 0.25) is 0 Å². The molecular formula is C90H61BN2. The molecule has 20 rings (SSSR count). The minimum atomic E-state index is -0.358. The Labute approximate surface area is 539 Å². The number of hydrogen-bond donors (Lipinski definition) is 0. The summed E-state index contributed by atoms with van der Waals surface area (Å²) in [4.78, 5) is 0. The van der Waals surface area contributed by atoms with E-state index in [0.29, 0.717) is 0 Å². The summed E-state index contributed by atoms with van der Waals surface area (Å²) in [5.74, 6) is 0. The van der Waals surface area contributed by atoms with Gasteiger partial charge in [0.05, 0.1) is 16.6 Å². The quantitative estimate of drug-likeness (QED) is 0.111. The van der Waals surface area contributed by atoms with E-state index >= 15 is 0 Å². The van der Waals surface area contributed by atoms with Crippen molar-refractivity contribution < 1.29 is 0 Å². The van der Waals surface area contributed by atoms with Gasteiger partial charge in [-0.3, -0.25) is 0 Å². The van der Waals surface area contributed by atoms with E-state index < -0.39 is 0 Å². The van der Waals surface area contributed by atoms with Crippen molar-refractivity contribution >= 4 is 131 Å². The first-order valence-electron chi connectivity index (χ1n) is 32.9. The second-order valence-electron chi connectivity index (χ2n) is 27.3. The monoisotopic (exact) mass is 1180 g/mol. The molecule has 2 nitrogen and oxygen atoms in total. The van der Waals surface area contributed by atoms with Gasteiger partial charge >= 0.3 is 0 Å². The second-order valence-corrected chi connectivity index (χ2v) is 27.3. The molecule has 2 aliphatic heterocycles. The van der Waals surface area contributed by atoms with Gasteiger partial charge in [-0.15, -0.1) is 0 Å². The summed E-state index contributed by atoms with van der Waals surface area (Å²) in [6, 6.07) is 114. The van der Waals surface area contributed by atoms with Gasteiger partial charge in [0.25, 0.3) is 6.71 Å². The summed E-state index contributed by atoms with van der Waals surface area (Å²) >= 11 is 0. The van der Waals surface area contributed by atoms with Gasteiger partial charge in [-0.25, -0.2) is 0 Å². The molecule has 0 saturated heterocycles. The first-order valence-corrected chi connectivity index (χ1v) is 32.9. The molecule has 3 heteroatoms. The molecule has 93 heavy (non-hydrogen) atoms. The fraction of sp³-hybridized carbons (Fsp3) is 0.0667. The molecule has 434 valence electrons. The fourth-order valence-electron chi connectivity index (χ4n) is 17.5. The predicted molar refractivity (Wildman–Crippen MR) is 398 cm³/mol. The van der Waals surface area contributed by atoms with Gasteiger partial charge in [-0.1, -0.05) is 289 Å². The van der Waals surface area contributed by atoms with Crippen LogP contribution in [0.4, 0.5) is 0 Å². The van der Waals surface area contributed by atoms with E-state index in [2.05, 4.69) is 334 Å². The molecule has 0 saturated carbocycles. The summed E-state index contributed by atoms with van der Waals surface area (Å²) in [6.45, 7) is 9.48. The number of benzene rings is 16. The van der Waals surface area contributed by atoms with E-state index in [1.807, 2.05) is 0 Å². The Morgan fingerprint density at radius 2 is 0.677 bits per heavy atom. The van der Waals surface area contributed by atoms with Gasteiger partial charge in [0, 0.05) is 60.0 Å². The zero-order valence-corrected chi connectivity index (χ0v) is 52.3. The van der Waals surface area contributed by atoms with Crippen molar-refractivity contribution in [1.82, 2.24) is 9.13 Å². The lowest BCUT2D eigenvalue weighted by molar-refractivity contribution is 0.641. The summed E-state index contributed by atoms with van der Waals surface area (Å²) in [7, 11) is 0. The Hall–Kier alpha value is -11.3. The highest BCUT2D eigenvalue weighted by Crippen LogP contribution is 2.52. The van der Waals surface area contributed by atoms with Gasteiger partial charge < -0.3 is 9.13 Å². The average molecular weight is 1180 g/mol. The summed E-state index contributed by atoms with van der Waals surface area (Å²) < 4.78 is 5.46. The highest BCUT2D eigenvalue weighted by Gasteiger charge is 2.44. The Bertz CT molecular complexity index is 6180. The number of fused-ring (bicyclic) bond motifs is 24. The number of hydrogen-bond acceptors (Lipinski definition) is 0. The molecule has 2 aliphatic rings. The van der Waals surface area contributed by atoms with Crippen LogP contribution in [-0.4, -0.2) is 15.8 Å². The smallest absolute Gasteiger partial charge is 0.252 e. The van der Waals surface area contributed by atoms with Crippen molar-refractivity contribution in [2.45, 2.75) is 38.5 Å². The van der Waals surface area contributed by atoms with Gasteiger partial charge in [-0.2, -0.15) is 0 Å². The maximum atomic E-state index is 2.76. The molecule has 4 heterocycles. The van der Waals surface area contributed by atoms with E-state index in [1.54, 1.807) is 0 Å². The van der Waals surface area contributed by atoms with Crippen molar-refractivity contribution in [1.29, 1.82) is 0 Å². The van der Waals surface area contributed by atoms with Crippen molar-refractivity contribution in [3.05, 3.63) is 320 Å². The standard InChI is InChI=1S/C90H61BN2/c1-89(2,57-30-13-7-14-31-57)59-44-46-77-72(50-59)74-51-60(90(3,4)58-32-15-8-16-33-58)52-75-87(74)92(77)79-48-56(81-61(54-26-9-5-10-27-54)42-25-43-62(81)55-28-11-6-12-29-55)49-80-86(79)91(75)76-53-73-68-39-20-18-35-64(68)66-37-22-24-41-70(66)83(73)85-84-78(93(80)88(76)85)47-45-71-67-38-19-17-34-63(67)65-36-21-23-40-69(65)82(71)84/h5-53H,1-4H3. The number of aromatic nitrogens is 2. The first-order chi connectivity index (χ1) is 45.7. The lowest BCUT2D eigenvalue weighted by atomic mass is 9.34. The molecule has 0 amide bonds. The SMILES string of the molecule is CC(C)(c1ccccc1)c1ccc2c(c1)c1cc(C(C)(C)c3ccccc3)cc3c1n2-c1cc(-c2c(-c4ccccc4)cccc2-c2ccccc2)cc2c1B3c1cc3c4ccccc4c4ccccc4c3c3c4c5c6ccccc6c6ccccc6c5ccc4n-2c13. The van der Waals surface area contributed by atoms with Gasteiger partial charge in [0.15, 0.2) is 0 Å². The van der Waals surface area contributed by atoms with Crippen LogP contribution < -0.4 is 16.4 Å². The first kappa shape index (κ1) is 52.5.